The second-order valence-corrected chi connectivity index (χ2v) is 9.31. The minimum Gasteiger partial charge on any atom is -0.299 e. The van der Waals surface area contributed by atoms with Crippen LogP contribution >= 0.6 is 0 Å². The van der Waals surface area contributed by atoms with E-state index < -0.39 is 4.92 Å². The lowest BCUT2D eigenvalue weighted by Gasteiger charge is -2.58. The number of nitrogens with zero attached hydrogens (tertiary/aromatic N) is 1. The summed E-state index contributed by atoms with van der Waals surface area (Å²) in [4.78, 5) is 35.9. The zero-order valence-electron chi connectivity index (χ0n) is 15.3. The summed E-state index contributed by atoms with van der Waals surface area (Å²) >= 11 is 0. The first-order valence-electron chi connectivity index (χ1n) is 9.64. The van der Waals surface area contributed by atoms with E-state index in [4.69, 9.17) is 0 Å². The number of carbonyl (C=O) groups excluding carboxylic acids is 2. The Morgan fingerprint density at radius 1 is 1.04 bits per heavy atom. The largest absolute Gasteiger partial charge is 0.311 e. The van der Waals surface area contributed by atoms with Gasteiger partial charge in [-0.25, -0.2) is 0 Å². The van der Waals surface area contributed by atoms with Gasteiger partial charge in [-0.3, -0.25) is 19.7 Å². The van der Waals surface area contributed by atoms with Crippen LogP contribution in [-0.4, -0.2) is 16.5 Å². The Hall–Kier alpha value is -1.52. The number of fused-ring (bicyclic) bond motifs is 5. The van der Waals surface area contributed by atoms with Crippen molar-refractivity contribution in [2.45, 2.75) is 65.7 Å². The van der Waals surface area contributed by atoms with E-state index in [2.05, 4.69) is 20.8 Å². The van der Waals surface area contributed by atoms with E-state index in [-0.39, 0.29) is 28.7 Å². The van der Waals surface area contributed by atoms with Gasteiger partial charge in [-0.2, -0.15) is 0 Å². The van der Waals surface area contributed by atoms with Gasteiger partial charge in [0, 0.05) is 23.8 Å². The third-order valence-electron chi connectivity index (χ3n) is 8.34. The Labute approximate surface area is 148 Å². The number of allylic oxidation sites excluding steroid dienone is 1. The smallest absolute Gasteiger partial charge is 0.299 e. The van der Waals surface area contributed by atoms with Gasteiger partial charge >= 0.3 is 5.70 Å². The van der Waals surface area contributed by atoms with Crippen LogP contribution in [0.25, 0.3) is 0 Å². The predicted molar refractivity (Wildman–Crippen MR) is 92.2 cm³/mol. The van der Waals surface area contributed by atoms with E-state index in [1.807, 2.05) is 0 Å². The van der Waals surface area contributed by atoms with Gasteiger partial charge in [-0.05, 0) is 61.2 Å². The van der Waals surface area contributed by atoms with Crippen LogP contribution in [0.2, 0.25) is 0 Å². The van der Waals surface area contributed by atoms with Crippen molar-refractivity contribution >= 4 is 11.6 Å². The van der Waals surface area contributed by atoms with Crippen LogP contribution in [0.4, 0.5) is 0 Å². The molecule has 5 nitrogen and oxygen atoms in total. The highest BCUT2D eigenvalue weighted by Crippen LogP contribution is 2.66. The van der Waals surface area contributed by atoms with Crippen LogP contribution in [-0.2, 0) is 9.59 Å². The van der Waals surface area contributed by atoms with E-state index >= 15 is 0 Å². The molecule has 0 aliphatic heterocycles. The first kappa shape index (κ1) is 16.9. The highest BCUT2D eigenvalue weighted by Gasteiger charge is 2.62. The van der Waals surface area contributed by atoms with Crippen LogP contribution < -0.4 is 0 Å². The number of Topliss-reactive ketones (excluding diaryl/α,β-unsaturated/α-hetero) is 2. The maximum atomic E-state index is 12.5. The molecule has 0 aromatic rings. The predicted octanol–water partition coefficient (Wildman–Crippen LogP) is 3.94. The Morgan fingerprint density at radius 3 is 2.40 bits per heavy atom. The molecule has 4 rings (SSSR count). The van der Waals surface area contributed by atoms with Gasteiger partial charge in [0.15, 0.2) is 0 Å². The monoisotopic (exact) mass is 345 g/mol. The molecule has 3 fully saturated rings. The molecule has 0 radical (unpaired) electrons. The summed E-state index contributed by atoms with van der Waals surface area (Å²) in [6.45, 7) is 6.48. The maximum absolute atomic E-state index is 12.5. The van der Waals surface area contributed by atoms with E-state index in [0.717, 1.165) is 31.3 Å². The highest BCUT2D eigenvalue weighted by atomic mass is 16.6. The van der Waals surface area contributed by atoms with Crippen LogP contribution in [0.15, 0.2) is 11.3 Å². The van der Waals surface area contributed by atoms with Crippen molar-refractivity contribution < 1.29 is 14.5 Å². The van der Waals surface area contributed by atoms with Crippen LogP contribution in [0.3, 0.4) is 0 Å². The van der Waals surface area contributed by atoms with Crippen molar-refractivity contribution in [1.29, 1.82) is 0 Å². The second-order valence-electron chi connectivity index (χ2n) is 9.31. The average Bonchev–Trinajstić information content (AvgIpc) is 2.84. The molecule has 0 heterocycles. The molecule has 0 unspecified atom stereocenters. The molecule has 0 saturated heterocycles. The number of carbonyl (C=O) groups is 2. The van der Waals surface area contributed by atoms with Crippen molar-refractivity contribution in [1.82, 2.24) is 0 Å². The molecular weight excluding hydrogens is 318 g/mol. The number of hydrogen-bond donors (Lipinski definition) is 0. The molecule has 6 atom stereocenters. The fraction of sp³-hybridized carbons (Fsp3) is 0.800. The van der Waals surface area contributed by atoms with Gasteiger partial charge in [0.05, 0.1) is 4.92 Å². The van der Waals surface area contributed by atoms with Crippen LogP contribution in [0.5, 0.6) is 0 Å². The molecular formula is C20H27NO4. The Bertz CT molecular complexity index is 710. The molecule has 3 saturated carbocycles. The second kappa shape index (κ2) is 5.24. The van der Waals surface area contributed by atoms with Gasteiger partial charge in [0.25, 0.3) is 0 Å². The van der Waals surface area contributed by atoms with Crippen LogP contribution in [0.1, 0.15) is 65.7 Å². The van der Waals surface area contributed by atoms with Gasteiger partial charge in [-0.1, -0.05) is 20.8 Å². The minimum absolute atomic E-state index is 0.116. The molecule has 0 aromatic carbocycles. The van der Waals surface area contributed by atoms with Gasteiger partial charge in [0.1, 0.15) is 5.78 Å². The maximum Gasteiger partial charge on any atom is 0.311 e. The van der Waals surface area contributed by atoms with Crippen molar-refractivity contribution in [2.24, 2.45) is 34.5 Å². The fourth-order valence-electron chi connectivity index (χ4n) is 6.99. The van der Waals surface area contributed by atoms with E-state index in [1.54, 1.807) is 0 Å². The summed E-state index contributed by atoms with van der Waals surface area (Å²) in [7, 11) is 0. The molecule has 0 bridgehead atoms. The molecule has 5 heteroatoms. The van der Waals surface area contributed by atoms with Gasteiger partial charge in [-0.15, -0.1) is 0 Å². The normalized spacial score (nSPS) is 46.5. The Morgan fingerprint density at radius 2 is 1.72 bits per heavy atom. The van der Waals surface area contributed by atoms with E-state index in [9.17, 15) is 19.7 Å². The number of ketones is 2. The summed E-state index contributed by atoms with van der Waals surface area (Å²) in [6.07, 6.45) is 5.16. The summed E-state index contributed by atoms with van der Waals surface area (Å²) in [5, 5.41) is 11.6. The van der Waals surface area contributed by atoms with Crippen molar-refractivity contribution in [3.63, 3.8) is 0 Å². The first-order chi connectivity index (χ1) is 11.7. The molecule has 0 N–H and O–H groups in total. The lowest BCUT2D eigenvalue weighted by Crippen LogP contribution is -2.54. The van der Waals surface area contributed by atoms with Gasteiger partial charge in [0.2, 0.25) is 5.78 Å². The fourth-order valence-corrected chi connectivity index (χ4v) is 6.99. The average molecular weight is 345 g/mol. The molecule has 0 aromatic heterocycles. The quantitative estimate of drug-likeness (QED) is 0.533. The zero-order chi connectivity index (χ0) is 18.1. The number of hydrogen-bond acceptors (Lipinski definition) is 4. The highest BCUT2D eigenvalue weighted by molar-refractivity contribution is 5.95. The summed E-state index contributed by atoms with van der Waals surface area (Å²) in [5.41, 5.74) is 0.245. The third-order valence-corrected chi connectivity index (χ3v) is 8.34. The van der Waals surface area contributed by atoms with Crippen molar-refractivity contribution in [3.05, 3.63) is 21.4 Å². The Balaban J connectivity index is 1.81. The minimum atomic E-state index is -0.436. The standard InChI is InChI=1S/C20H27NO4/c1-11-10-14-18(21(24)25)15(22)7-9-19(14,2)13-6-8-20(3)12(17(11)13)4-5-16(20)23/h11-13,17H,4-10H2,1-3H3/t11-,12+,13+,17+,19-,20+/m1/s1. The number of nitro groups is 1. The summed E-state index contributed by atoms with van der Waals surface area (Å²) in [6, 6.07) is 0. The molecule has 0 amide bonds. The lowest BCUT2D eigenvalue weighted by molar-refractivity contribution is -0.422. The molecule has 25 heavy (non-hydrogen) atoms. The zero-order valence-corrected chi connectivity index (χ0v) is 15.3. The van der Waals surface area contributed by atoms with E-state index in [0.29, 0.717) is 42.3 Å². The first-order valence-corrected chi connectivity index (χ1v) is 9.64. The number of rotatable bonds is 1. The lowest BCUT2D eigenvalue weighted by atomic mass is 9.45. The van der Waals surface area contributed by atoms with Crippen molar-refractivity contribution in [3.8, 4) is 0 Å². The third kappa shape index (κ3) is 2.07. The Kier molecular flexibility index (Phi) is 3.55. The molecule has 4 aliphatic carbocycles. The summed E-state index contributed by atoms with van der Waals surface area (Å²) in [5.74, 6) is 1.63. The molecule has 4 aliphatic rings. The molecule has 136 valence electrons. The van der Waals surface area contributed by atoms with Crippen molar-refractivity contribution in [2.75, 3.05) is 0 Å². The van der Waals surface area contributed by atoms with E-state index in [1.165, 1.54) is 0 Å². The topological polar surface area (TPSA) is 77.3 Å². The SMILES string of the molecule is C[C@@H]1CC2=C([N+](=O)[O-])C(=O)CC[C@]2(C)[C@H]2CC[C@]3(C)C(=O)CC[C@H]3[C@H]12. The van der Waals surface area contributed by atoms with Crippen LogP contribution in [0, 0.1) is 44.6 Å². The summed E-state index contributed by atoms with van der Waals surface area (Å²) < 4.78 is 0. The molecule has 0 spiro atoms. The van der Waals surface area contributed by atoms with Gasteiger partial charge < -0.3 is 0 Å².